The minimum Gasteiger partial charge on any atom is -0.337 e. The van der Waals surface area contributed by atoms with Gasteiger partial charge in [0.15, 0.2) is 0 Å². The highest BCUT2D eigenvalue weighted by molar-refractivity contribution is 9.09. The molecule has 0 fully saturated rings. The molecule has 1 aromatic rings. The second-order valence-electron chi connectivity index (χ2n) is 3.98. The van der Waals surface area contributed by atoms with Crippen LogP contribution >= 0.6 is 15.9 Å². The van der Waals surface area contributed by atoms with Crippen LogP contribution in [0.2, 0.25) is 0 Å². The number of carbonyl (C=O) groups excluding carboxylic acids is 1. The van der Waals surface area contributed by atoms with Gasteiger partial charge in [0.2, 0.25) is 0 Å². The minimum absolute atomic E-state index is 0.0704. The van der Waals surface area contributed by atoms with Crippen LogP contribution < -0.4 is 0 Å². The van der Waals surface area contributed by atoms with Gasteiger partial charge in [-0.3, -0.25) is 9.48 Å². The molecule has 0 spiro atoms. The molecular formula is C12H20BrN3O. The molecule has 0 N–H and O–H groups in total. The fourth-order valence-corrected chi connectivity index (χ4v) is 2.18. The average molecular weight is 302 g/mol. The van der Waals surface area contributed by atoms with E-state index >= 15 is 0 Å². The van der Waals surface area contributed by atoms with E-state index in [4.69, 9.17) is 0 Å². The molecule has 0 aliphatic rings. The van der Waals surface area contributed by atoms with Crippen molar-refractivity contribution >= 4 is 21.8 Å². The lowest BCUT2D eigenvalue weighted by atomic mass is 10.2. The number of hydrogen-bond acceptors (Lipinski definition) is 2. The normalized spacial score (nSPS) is 10.6. The van der Waals surface area contributed by atoms with Crippen LogP contribution in [0.15, 0.2) is 6.07 Å². The van der Waals surface area contributed by atoms with Gasteiger partial charge in [0.1, 0.15) is 5.69 Å². The highest BCUT2D eigenvalue weighted by Crippen LogP contribution is 2.08. The lowest BCUT2D eigenvalue weighted by Crippen LogP contribution is -2.34. The number of alkyl halides is 1. The Kier molecular flexibility index (Phi) is 5.68. The Morgan fingerprint density at radius 2 is 2.18 bits per heavy atom. The molecule has 0 unspecified atom stereocenters. The van der Waals surface area contributed by atoms with E-state index in [2.05, 4.69) is 28.0 Å². The molecule has 0 saturated carbocycles. The largest absolute Gasteiger partial charge is 0.337 e. The molecule has 0 saturated heterocycles. The van der Waals surface area contributed by atoms with Crippen LogP contribution in [-0.2, 0) is 13.5 Å². The van der Waals surface area contributed by atoms with E-state index in [1.807, 2.05) is 24.9 Å². The summed E-state index contributed by atoms with van der Waals surface area (Å²) in [5.41, 5.74) is 1.64. The third-order valence-electron chi connectivity index (χ3n) is 2.65. The topological polar surface area (TPSA) is 38.1 Å². The van der Waals surface area contributed by atoms with Crippen molar-refractivity contribution in [3.8, 4) is 0 Å². The fraction of sp³-hybridized carbons (Fsp3) is 0.667. The Morgan fingerprint density at radius 1 is 1.47 bits per heavy atom. The fourth-order valence-electron chi connectivity index (χ4n) is 1.75. The van der Waals surface area contributed by atoms with Crippen LogP contribution in [0.5, 0.6) is 0 Å². The average Bonchev–Trinajstić information content (AvgIpc) is 2.69. The Balaban J connectivity index is 2.87. The number of nitrogens with zero attached hydrogens (tertiary/aromatic N) is 3. The van der Waals surface area contributed by atoms with Gasteiger partial charge in [0, 0.05) is 25.5 Å². The highest BCUT2D eigenvalue weighted by Gasteiger charge is 2.18. The van der Waals surface area contributed by atoms with Gasteiger partial charge in [0.25, 0.3) is 5.91 Å². The second-order valence-corrected chi connectivity index (χ2v) is 4.77. The summed E-state index contributed by atoms with van der Waals surface area (Å²) in [5.74, 6) is 0.0704. The Morgan fingerprint density at radius 3 is 2.65 bits per heavy atom. The first-order valence-electron chi connectivity index (χ1n) is 6.02. The van der Waals surface area contributed by atoms with Crippen molar-refractivity contribution in [3.63, 3.8) is 0 Å². The summed E-state index contributed by atoms with van der Waals surface area (Å²) in [6.07, 6.45) is 1.82. The second kappa shape index (κ2) is 6.79. The molecule has 1 aromatic heterocycles. The van der Waals surface area contributed by atoms with Gasteiger partial charge in [-0.25, -0.2) is 0 Å². The molecule has 4 nitrogen and oxygen atoms in total. The number of rotatable bonds is 6. The predicted octanol–water partition coefficient (Wildman–Crippen LogP) is 2.23. The molecule has 1 heterocycles. The van der Waals surface area contributed by atoms with Crippen molar-refractivity contribution in [1.29, 1.82) is 0 Å². The summed E-state index contributed by atoms with van der Waals surface area (Å²) < 4.78 is 1.68. The molecule has 5 heteroatoms. The quantitative estimate of drug-likeness (QED) is 0.756. The van der Waals surface area contributed by atoms with Gasteiger partial charge in [-0.1, -0.05) is 29.8 Å². The van der Waals surface area contributed by atoms with E-state index in [1.54, 1.807) is 4.68 Å². The van der Waals surface area contributed by atoms with Crippen LogP contribution in [0.25, 0.3) is 0 Å². The summed E-state index contributed by atoms with van der Waals surface area (Å²) in [6, 6.07) is 1.89. The molecule has 0 aliphatic heterocycles. The molecule has 0 radical (unpaired) electrons. The summed E-state index contributed by atoms with van der Waals surface area (Å²) in [6.45, 7) is 5.64. The first kappa shape index (κ1) is 14.2. The number of halogens is 1. The third kappa shape index (κ3) is 3.56. The van der Waals surface area contributed by atoms with Crippen molar-refractivity contribution in [1.82, 2.24) is 14.7 Å². The molecule has 0 atom stereocenters. The molecule has 0 aliphatic carbocycles. The van der Waals surface area contributed by atoms with Crippen LogP contribution in [-0.4, -0.2) is 39.0 Å². The van der Waals surface area contributed by atoms with Crippen molar-refractivity contribution in [3.05, 3.63) is 17.5 Å². The first-order valence-corrected chi connectivity index (χ1v) is 7.14. The van der Waals surface area contributed by atoms with Gasteiger partial charge in [-0.2, -0.15) is 5.10 Å². The van der Waals surface area contributed by atoms with E-state index in [9.17, 15) is 4.79 Å². The molecule has 96 valence electrons. The number of aryl methyl sites for hydroxylation is 2. The molecule has 1 rings (SSSR count). The van der Waals surface area contributed by atoms with Crippen molar-refractivity contribution in [2.45, 2.75) is 26.7 Å². The van der Waals surface area contributed by atoms with Gasteiger partial charge >= 0.3 is 0 Å². The third-order valence-corrected chi connectivity index (χ3v) is 3.00. The molecular weight excluding hydrogens is 282 g/mol. The van der Waals surface area contributed by atoms with E-state index < -0.39 is 0 Å². The zero-order valence-corrected chi connectivity index (χ0v) is 12.3. The number of aromatic nitrogens is 2. The maximum absolute atomic E-state index is 12.3. The number of amides is 1. The van der Waals surface area contributed by atoms with E-state index in [0.717, 1.165) is 37.0 Å². The van der Waals surface area contributed by atoms with Crippen LogP contribution in [0.1, 0.15) is 36.5 Å². The smallest absolute Gasteiger partial charge is 0.272 e. The van der Waals surface area contributed by atoms with Crippen molar-refractivity contribution in [2.24, 2.45) is 7.05 Å². The van der Waals surface area contributed by atoms with Gasteiger partial charge < -0.3 is 4.90 Å². The van der Waals surface area contributed by atoms with E-state index in [1.165, 1.54) is 0 Å². The van der Waals surface area contributed by atoms with E-state index in [0.29, 0.717) is 5.69 Å². The maximum atomic E-state index is 12.3. The van der Waals surface area contributed by atoms with Crippen LogP contribution in [0.3, 0.4) is 0 Å². The maximum Gasteiger partial charge on any atom is 0.272 e. The summed E-state index contributed by atoms with van der Waals surface area (Å²) in [4.78, 5) is 14.2. The standard InChI is InChI=1S/C12H20BrN3O/c1-4-7-16(8-6-13)12(17)11-9-10(5-2)14-15(11)3/h9H,4-8H2,1-3H3. The van der Waals surface area contributed by atoms with Crippen LogP contribution in [0, 0.1) is 0 Å². The Hall–Kier alpha value is -0.840. The van der Waals surface area contributed by atoms with Gasteiger partial charge in [-0.15, -0.1) is 0 Å². The van der Waals surface area contributed by atoms with Crippen LogP contribution in [0.4, 0.5) is 0 Å². The summed E-state index contributed by atoms with van der Waals surface area (Å²) in [7, 11) is 1.82. The zero-order chi connectivity index (χ0) is 12.8. The first-order chi connectivity index (χ1) is 8.13. The van der Waals surface area contributed by atoms with Crippen molar-refractivity contribution < 1.29 is 4.79 Å². The summed E-state index contributed by atoms with van der Waals surface area (Å²) in [5, 5.41) is 5.11. The predicted molar refractivity (Wildman–Crippen MR) is 72.6 cm³/mol. The lowest BCUT2D eigenvalue weighted by molar-refractivity contribution is 0.0755. The Labute approximate surface area is 111 Å². The van der Waals surface area contributed by atoms with E-state index in [-0.39, 0.29) is 5.91 Å². The van der Waals surface area contributed by atoms with Gasteiger partial charge in [0.05, 0.1) is 5.69 Å². The number of hydrogen-bond donors (Lipinski definition) is 0. The van der Waals surface area contributed by atoms with Crippen molar-refractivity contribution in [2.75, 3.05) is 18.4 Å². The highest BCUT2D eigenvalue weighted by atomic mass is 79.9. The zero-order valence-electron chi connectivity index (χ0n) is 10.7. The lowest BCUT2D eigenvalue weighted by Gasteiger charge is -2.20. The summed E-state index contributed by atoms with van der Waals surface area (Å²) >= 11 is 3.38. The Bertz CT molecular complexity index is 370. The number of carbonyl (C=O) groups is 1. The molecule has 0 aromatic carbocycles. The monoisotopic (exact) mass is 301 g/mol. The molecule has 0 bridgehead atoms. The molecule has 1 amide bonds. The molecule has 17 heavy (non-hydrogen) atoms. The minimum atomic E-state index is 0.0704. The SMILES string of the molecule is CCCN(CCBr)C(=O)c1cc(CC)nn1C. The van der Waals surface area contributed by atoms with Gasteiger partial charge in [-0.05, 0) is 18.9 Å².